The summed E-state index contributed by atoms with van der Waals surface area (Å²) < 4.78 is 9.59. The zero-order valence-corrected chi connectivity index (χ0v) is 14.1. The molecule has 8 heteroatoms. The maximum absolute atomic E-state index is 12.2. The van der Waals surface area contributed by atoms with Crippen LogP contribution in [0.15, 0.2) is 0 Å². The molecule has 124 valence electrons. The number of rotatable bonds is 5. The Labute approximate surface area is 134 Å². The summed E-state index contributed by atoms with van der Waals surface area (Å²) in [7, 11) is 0. The first-order valence-corrected chi connectivity index (χ1v) is 8.16. The topological polar surface area (TPSA) is 84.9 Å². The highest BCUT2D eigenvalue weighted by atomic mass is 32.2. The monoisotopic (exact) mass is 330 g/mol. The summed E-state index contributed by atoms with van der Waals surface area (Å²) in [5.74, 6) is -0.300. The van der Waals surface area contributed by atoms with Gasteiger partial charge < -0.3 is 14.4 Å². The van der Waals surface area contributed by atoms with E-state index in [4.69, 9.17) is 9.47 Å². The molecule has 0 radical (unpaired) electrons. The Morgan fingerprint density at radius 2 is 2.09 bits per heavy atom. The molecule has 2 aliphatic rings. The van der Waals surface area contributed by atoms with Crippen LogP contribution in [0.4, 0.5) is 4.79 Å². The number of fused-ring (bicyclic) bond motifs is 1. The van der Waals surface area contributed by atoms with Gasteiger partial charge in [0.2, 0.25) is 5.91 Å². The van der Waals surface area contributed by atoms with Gasteiger partial charge in [-0.05, 0) is 19.8 Å². The van der Waals surface area contributed by atoms with Crippen molar-refractivity contribution in [3.05, 3.63) is 0 Å². The van der Waals surface area contributed by atoms with Gasteiger partial charge in [-0.2, -0.15) is 0 Å². The van der Waals surface area contributed by atoms with E-state index in [1.807, 2.05) is 27.7 Å². The second-order valence-electron chi connectivity index (χ2n) is 6.36. The number of nitrogens with one attached hydrogen (secondary N) is 1. The molecule has 2 fully saturated rings. The molecule has 0 bridgehead atoms. The van der Waals surface area contributed by atoms with E-state index in [2.05, 4.69) is 5.32 Å². The molecule has 22 heavy (non-hydrogen) atoms. The Balaban J connectivity index is 1.80. The molecule has 2 saturated heterocycles. The van der Waals surface area contributed by atoms with Crippen molar-refractivity contribution in [1.82, 2.24) is 10.2 Å². The molecule has 0 aliphatic carbocycles. The number of esters is 1. The zero-order valence-electron chi connectivity index (χ0n) is 13.3. The Kier molecular flexibility index (Phi) is 4.89. The molecule has 1 N–H and O–H groups in total. The molecule has 7 nitrogen and oxygen atoms in total. The fourth-order valence-electron chi connectivity index (χ4n) is 2.50. The van der Waals surface area contributed by atoms with Crippen molar-refractivity contribution in [3.8, 4) is 0 Å². The van der Waals surface area contributed by atoms with E-state index in [1.54, 1.807) is 16.7 Å². The molecule has 0 aromatic rings. The predicted octanol–water partition coefficient (Wildman–Crippen LogP) is 1.32. The lowest BCUT2D eigenvalue weighted by Gasteiger charge is -2.37. The molecule has 0 unspecified atom stereocenters. The Bertz CT molecular complexity index is 480. The third-order valence-electron chi connectivity index (χ3n) is 3.53. The van der Waals surface area contributed by atoms with Crippen LogP contribution >= 0.6 is 11.8 Å². The summed E-state index contributed by atoms with van der Waals surface area (Å²) in [4.78, 5) is 36.8. The first-order chi connectivity index (χ1) is 10.2. The average molecular weight is 330 g/mol. The second-order valence-corrected chi connectivity index (χ2v) is 8.19. The third kappa shape index (κ3) is 3.48. The number of nitrogens with zero attached hydrogens (tertiary/aromatic N) is 1. The number of carbonyl (C=O) groups is 3. The lowest BCUT2D eigenvalue weighted by molar-refractivity contribution is -0.161. The molecule has 2 aliphatic heterocycles. The van der Waals surface area contributed by atoms with Gasteiger partial charge in [-0.3, -0.25) is 10.1 Å². The number of thioether (sulfide) groups is 1. The minimum absolute atomic E-state index is 0.0330. The standard InChI is InChI=1S/C14H22N2O5S/c1-8(2)6-20-13(19)15-7-21-12(18)11-14(3,4)22-10-5-9(17)16(10)11/h8,10-11H,5-7H2,1-4H3,(H,15,19)/t10-,11+/m1/s1. The van der Waals surface area contributed by atoms with Crippen LogP contribution in [0.2, 0.25) is 0 Å². The summed E-state index contributed by atoms with van der Waals surface area (Å²) in [6.07, 6.45) is -0.156. The van der Waals surface area contributed by atoms with E-state index in [0.717, 1.165) is 0 Å². The summed E-state index contributed by atoms with van der Waals surface area (Å²) >= 11 is 1.60. The maximum atomic E-state index is 12.2. The summed E-state index contributed by atoms with van der Waals surface area (Å²) in [5.41, 5.74) is 0. The van der Waals surface area contributed by atoms with Crippen LogP contribution in [0.1, 0.15) is 34.1 Å². The van der Waals surface area contributed by atoms with Crippen molar-refractivity contribution >= 4 is 29.7 Å². The van der Waals surface area contributed by atoms with Crippen molar-refractivity contribution in [2.45, 2.75) is 50.3 Å². The van der Waals surface area contributed by atoms with Gasteiger partial charge in [-0.25, -0.2) is 9.59 Å². The fraction of sp³-hybridized carbons (Fsp3) is 0.786. The summed E-state index contributed by atoms with van der Waals surface area (Å²) in [6.45, 7) is 7.72. The Hall–Kier alpha value is -1.44. The molecule has 2 rings (SSSR count). The molecular formula is C14H22N2O5S. The summed E-state index contributed by atoms with van der Waals surface area (Å²) in [6, 6.07) is -0.614. The number of hydrogen-bond acceptors (Lipinski definition) is 6. The number of ether oxygens (including phenoxy) is 2. The molecule has 0 saturated carbocycles. The lowest BCUT2D eigenvalue weighted by Crippen LogP contribution is -2.57. The van der Waals surface area contributed by atoms with Crippen molar-refractivity contribution < 1.29 is 23.9 Å². The van der Waals surface area contributed by atoms with Crippen LogP contribution in [0.25, 0.3) is 0 Å². The van der Waals surface area contributed by atoms with Crippen LogP contribution in [0.3, 0.4) is 0 Å². The van der Waals surface area contributed by atoms with Gasteiger partial charge >= 0.3 is 12.1 Å². The molecule has 0 aromatic carbocycles. The average Bonchev–Trinajstić information content (AvgIpc) is 2.62. The highest BCUT2D eigenvalue weighted by molar-refractivity contribution is 8.01. The lowest BCUT2D eigenvalue weighted by atomic mass is 9.98. The van der Waals surface area contributed by atoms with Gasteiger partial charge in [-0.1, -0.05) is 13.8 Å². The van der Waals surface area contributed by atoms with Gasteiger partial charge in [0.15, 0.2) is 6.73 Å². The Morgan fingerprint density at radius 1 is 1.41 bits per heavy atom. The van der Waals surface area contributed by atoms with E-state index in [-0.39, 0.29) is 23.9 Å². The molecule has 0 aromatic heterocycles. The normalized spacial score (nSPS) is 25.5. The highest BCUT2D eigenvalue weighted by Crippen LogP contribution is 2.50. The predicted molar refractivity (Wildman–Crippen MR) is 81.0 cm³/mol. The molecule has 0 spiro atoms. The van der Waals surface area contributed by atoms with E-state index < -0.39 is 22.9 Å². The molecule has 2 heterocycles. The smallest absolute Gasteiger partial charge is 0.409 e. The third-order valence-corrected chi connectivity index (χ3v) is 5.02. The van der Waals surface area contributed by atoms with Crippen LogP contribution in [0.5, 0.6) is 0 Å². The van der Waals surface area contributed by atoms with Crippen LogP contribution in [0, 0.1) is 5.92 Å². The zero-order chi connectivity index (χ0) is 16.5. The second kappa shape index (κ2) is 6.36. The van der Waals surface area contributed by atoms with Gasteiger partial charge in [0.05, 0.1) is 18.4 Å². The number of amides is 2. The van der Waals surface area contributed by atoms with Crippen LogP contribution < -0.4 is 5.32 Å². The number of carbonyl (C=O) groups excluding carboxylic acids is 3. The minimum atomic E-state index is -0.625. The molecule has 2 amide bonds. The van der Waals surface area contributed by atoms with Crippen molar-refractivity contribution in [2.75, 3.05) is 13.3 Å². The van der Waals surface area contributed by atoms with Crippen molar-refractivity contribution in [1.29, 1.82) is 0 Å². The largest absolute Gasteiger partial charge is 0.449 e. The van der Waals surface area contributed by atoms with E-state index in [0.29, 0.717) is 13.0 Å². The van der Waals surface area contributed by atoms with Gasteiger partial charge in [-0.15, -0.1) is 11.8 Å². The first kappa shape index (κ1) is 16.9. The van der Waals surface area contributed by atoms with Crippen molar-refractivity contribution in [3.63, 3.8) is 0 Å². The highest BCUT2D eigenvalue weighted by Gasteiger charge is 2.59. The van der Waals surface area contributed by atoms with Gasteiger partial charge in [0, 0.05) is 4.75 Å². The molecular weight excluding hydrogens is 308 g/mol. The van der Waals surface area contributed by atoms with Gasteiger partial charge in [0.1, 0.15) is 6.04 Å². The van der Waals surface area contributed by atoms with Crippen molar-refractivity contribution in [2.24, 2.45) is 5.92 Å². The Morgan fingerprint density at radius 3 is 2.68 bits per heavy atom. The summed E-state index contributed by atoms with van der Waals surface area (Å²) in [5, 5.41) is 2.42. The van der Waals surface area contributed by atoms with E-state index in [9.17, 15) is 14.4 Å². The fourth-order valence-corrected chi connectivity index (χ4v) is 4.11. The first-order valence-electron chi connectivity index (χ1n) is 7.28. The maximum Gasteiger partial charge on any atom is 0.409 e. The quantitative estimate of drug-likeness (QED) is 0.465. The SMILES string of the molecule is CC(C)COC(=O)NCOC(=O)[C@@H]1N2C(=O)C[C@H]2SC1(C)C. The van der Waals surface area contributed by atoms with Gasteiger partial charge in [0.25, 0.3) is 0 Å². The minimum Gasteiger partial charge on any atom is -0.449 e. The number of alkyl carbamates (subject to hydrolysis) is 1. The number of hydrogen-bond donors (Lipinski definition) is 1. The van der Waals surface area contributed by atoms with Crippen LogP contribution in [-0.2, 0) is 19.1 Å². The van der Waals surface area contributed by atoms with E-state index in [1.165, 1.54) is 0 Å². The van der Waals surface area contributed by atoms with Crippen LogP contribution in [-0.4, -0.2) is 52.4 Å². The number of β-lactam (4-membered cyclic amide) rings is 1. The molecule has 2 atom stereocenters. The van der Waals surface area contributed by atoms with E-state index >= 15 is 0 Å².